The van der Waals surface area contributed by atoms with Gasteiger partial charge in [0.1, 0.15) is 0 Å². The van der Waals surface area contributed by atoms with Gasteiger partial charge in [-0.05, 0) is 42.5 Å². The minimum absolute atomic E-state index is 0.0916. The summed E-state index contributed by atoms with van der Waals surface area (Å²) in [7, 11) is 0. The van der Waals surface area contributed by atoms with Crippen LogP contribution < -0.4 is 0 Å². The summed E-state index contributed by atoms with van der Waals surface area (Å²) in [6, 6.07) is 17.9. The fourth-order valence-corrected chi connectivity index (χ4v) is 4.34. The first kappa shape index (κ1) is 17.1. The molecule has 0 unspecified atom stereocenters. The van der Waals surface area contributed by atoms with Gasteiger partial charge in [-0.2, -0.15) is 5.10 Å². The molecule has 28 heavy (non-hydrogen) atoms. The van der Waals surface area contributed by atoms with Gasteiger partial charge in [0.25, 0.3) is 0 Å². The Labute approximate surface area is 167 Å². The van der Waals surface area contributed by atoms with Crippen LogP contribution >= 0.6 is 11.6 Å². The maximum absolute atomic E-state index is 12.8. The largest absolute Gasteiger partial charge is 0.294 e. The number of benzene rings is 2. The van der Waals surface area contributed by atoms with Crippen LogP contribution in [0.15, 0.2) is 60.8 Å². The summed E-state index contributed by atoms with van der Waals surface area (Å²) >= 11 is 6.18. The van der Waals surface area contributed by atoms with Gasteiger partial charge in [-0.15, -0.1) is 0 Å². The highest BCUT2D eigenvalue weighted by atomic mass is 35.5. The lowest BCUT2D eigenvalue weighted by atomic mass is 9.82. The van der Waals surface area contributed by atoms with Crippen molar-refractivity contribution in [2.75, 3.05) is 0 Å². The molecule has 0 amide bonds. The van der Waals surface area contributed by atoms with E-state index in [0.717, 1.165) is 40.1 Å². The van der Waals surface area contributed by atoms with Crippen LogP contribution in [0, 0.1) is 6.92 Å². The zero-order chi connectivity index (χ0) is 19.3. The molecule has 1 atom stereocenters. The predicted octanol–water partition coefficient (Wildman–Crippen LogP) is 5.27. The summed E-state index contributed by atoms with van der Waals surface area (Å²) in [6.07, 6.45) is 2.91. The highest BCUT2D eigenvalue weighted by Gasteiger charge is 2.30. The zero-order valence-corrected chi connectivity index (χ0v) is 16.1. The van der Waals surface area contributed by atoms with Crippen LogP contribution in [-0.4, -0.2) is 20.4 Å². The van der Waals surface area contributed by atoms with Crippen molar-refractivity contribution in [1.29, 1.82) is 0 Å². The summed E-state index contributed by atoms with van der Waals surface area (Å²) in [5.41, 5.74) is 6.48. The number of carbonyl (C=O) groups excluding carboxylic acids is 1. The molecule has 0 N–H and O–H groups in total. The quantitative estimate of drug-likeness (QED) is 0.470. The van der Waals surface area contributed by atoms with Gasteiger partial charge in [0.15, 0.2) is 11.4 Å². The first-order chi connectivity index (χ1) is 13.6. The van der Waals surface area contributed by atoms with Gasteiger partial charge < -0.3 is 0 Å². The topological polar surface area (TPSA) is 47.3 Å². The third-order valence-corrected chi connectivity index (χ3v) is 5.71. The van der Waals surface area contributed by atoms with Gasteiger partial charge in [0.05, 0.1) is 17.0 Å². The Bertz CT molecular complexity index is 1210. The van der Waals surface area contributed by atoms with Crippen molar-refractivity contribution in [2.45, 2.75) is 25.7 Å². The molecule has 2 aromatic heterocycles. The van der Waals surface area contributed by atoms with E-state index in [1.807, 2.05) is 53.9 Å². The maximum atomic E-state index is 12.8. The van der Waals surface area contributed by atoms with E-state index in [9.17, 15) is 4.79 Å². The van der Waals surface area contributed by atoms with Crippen LogP contribution in [0.1, 0.15) is 39.6 Å². The maximum Gasteiger partial charge on any atom is 0.166 e. The Morgan fingerprint density at radius 1 is 1.07 bits per heavy atom. The van der Waals surface area contributed by atoms with Crippen LogP contribution in [0.4, 0.5) is 0 Å². The molecule has 1 aliphatic rings. The van der Waals surface area contributed by atoms with Crippen molar-refractivity contribution < 1.29 is 4.79 Å². The lowest BCUT2D eigenvalue weighted by molar-refractivity contribution is 0.0962. The van der Waals surface area contributed by atoms with Gasteiger partial charge in [-0.1, -0.05) is 54.1 Å². The average molecular weight is 388 g/mol. The average Bonchev–Trinajstić information content (AvgIpc) is 3.05. The fraction of sp³-hybridized carbons (Fsp3) is 0.174. The Morgan fingerprint density at radius 2 is 1.89 bits per heavy atom. The molecule has 0 radical (unpaired) electrons. The van der Waals surface area contributed by atoms with E-state index in [1.54, 1.807) is 6.20 Å². The molecule has 138 valence electrons. The van der Waals surface area contributed by atoms with Gasteiger partial charge in [0, 0.05) is 23.2 Å². The monoisotopic (exact) mass is 387 g/mol. The number of fused-ring (bicyclic) bond motifs is 3. The second-order valence-electron chi connectivity index (χ2n) is 7.26. The summed E-state index contributed by atoms with van der Waals surface area (Å²) < 4.78 is 1.86. The number of aryl methyl sites for hydroxylation is 1. The first-order valence-electron chi connectivity index (χ1n) is 9.33. The van der Waals surface area contributed by atoms with Crippen LogP contribution in [0.5, 0.6) is 0 Å². The van der Waals surface area contributed by atoms with Crippen LogP contribution in [0.25, 0.3) is 16.8 Å². The number of ketones is 1. The number of carbonyl (C=O) groups is 1. The first-order valence-corrected chi connectivity index (χ1v) is 9.71. The molecule has 4 nitrogen and oxygen atoms in total. The molecule has 4 aromatic rings. The normalized spacial score (nSPS) is 16.4. The van der Waals surface area contributed by atoms with Crippen LogP contribution in [-0.2, 0) is 6.42 Å². The third-order valence-electron chi connectivity index (χ3n) is 5.47. The molecule has 5 rings (SSSR count). The molecule has 0 bridgehead atoms. The number of Topliss-reactive ketones (excluding diaryl/α,β-unsaturated/α-hetero) is 1. The third kappa shape index (κ3) is 2.72. The van der Waals surface area contributed by atoms with E-state index < -0.39 is 0 Å². The van der Waals surface area contributed by atoms with Crippen LogP contribution in [0.3, 0.4) is 0 Å². The lowest BCUT2D eigenvalue weighted by Crippen LogP contribution is -2.22. The predicted molar refractivity (Wildman–Crippen MR) is 110 cm³/mol. The molecule has 0 saturated heterocycles. The Morgan fingerprint density at radius 3 is 2.68 bits per heavy atom. The lowest BCUT2D eigenvalue weighted by Gasteiger charge is -2.24. The van der Waals surface area contributed by atoms with E-state index in [0.29, 0.717) is 17.0 Å². The minimum atomic E-state index is 0.0916. The number of nitrogens with zero attached hydrogens (tertiary/aromatic N) is 3. The van der Waals surface area contributed by atoms with E-state index in [1.165, 1.54) is 0 Å². The summed E-state index contributed by atoms with van der Waals surface area (Å²) in [5, 5.41) is 5.45. The molecule has 0 spiro atoms. The second-order valence-corrected chi connectivity index (χ2v) is 7.70. The Kier molecular flexibility index (Phi) is 4.02. The van der Waals surface area contributed by atoms with Crippen molar-refractivity contribution in [3.05, 3.63) is 88.3 Å². The molecule has 0 saturated carbocycles. The second kappa shape index (κ2) is 6.57. The zero-order valence-electron chi connectivity index (χ0n) is 15.4. The highest BCUT2D eigenvalue weighted by Crippen LogP contribution is 2.35. The fourth-order valence-electron chi connectivity index (χ4n) is 4.14. The standard InChI is InChI=1S/C23H18ClN3O/c1-14-22(15-6-3-2-4-7-15)23-25-13-19-20(27(23)26-14)11-17(12-21(19)28)16-8-5-9-18(24)10-16/h2-10,13,17H,11-12H2,1H3/t17-/m0/s1. The van der Waals surface area contributed by atoms with E-state index in [-0.39, 0.29) is 11.7 Å². The van der Waals surface area contributed by atoms with E-state index >= 15 is 0 Å². The van der Waals surface area contributed by atoms with E-state index in [2.05, 4.69) is 17.1 Å². The number of rotatable bonds is 2. The van der Waals surface area contributed by atoms with Gasteiger partial charge in [-0.3, -0.25) is 4.79 Å². The summed E-state index contributed by atoms with van der Waals surface area (Å²) in [4.78, 5) is 17.5. The van der Waals surface area contributed by atoms with Crippen LogP contribution in [0.2, 0.25) is 5.02 Å². The molecule has 0 fully saturated rings. The Hall–Kier alpha value is -2.98. The smallest absolute Gasteiger partial charge is 0.166 e. The van der Waals surface area contributed by atoms with Gasteiger partial charge in [-0.25, -0.2) is 9.50 Å². The number of hydrogen-bond donors (Lipinski definition) is 0. The van der Waals surface area contributed by atoms with Crippen molar-refractivity contribution in [2.24, 2.45) is 0 Å². The summed E-state index contributed by atoms with van der Waals surface area (Å²) in [5.74, 6) is 0.198. The molecule has 5 heteroatoms. The van der Waals surface area contributed by atoms with Gasteiger partial charge in [0.2, 0.25) is 0 Å². The van der Waals surface area contributed by atoms with Crippen molar-refractivity contribution in [3.8, 4) is 11.1 Å². The van der Waals surface area contributed by atoms with Crippen molar-refractivity contribution in [3.63, 3.8) is 0 Å². The number of halogens is 1. The molecular weight excluding hydrogens is 370 g/mol. The molecule has 0 aliphatic heterocycles. The molecule has 2 heterocycles. The SMILES string of the molecule is Cc1nn2c3c(cnc2c1-c1ccccc1)C(=O)C[C@@H](c1cccc(Cl)c1)C3. The highest BCUT2D eigenvalue weighted by molar-refractivity contribution is 6.30. The molecule has 2 aromatic carbocycles. The van der Waals surface area contributed by atoms with Crippen molar-refractivity contribution in [1.82, 2.24) is 14.6 Å². The number of hydrogen-bond acceptors (Lipinski definition) is 3. The number of aromatic nitrogens is 3. The Balaban J connectivity index is 1.67. The minimum Gasteiger partial charge on any atom is -0.294 e. The molecular formula is C23H18ClN3O. The van der Waals surface area contributed by atoms with E-state index in [4.69, 9.17) is 16.7 Å². The summed E-state index contributed by atoms with van der Waals surface area (Å²) in [6.45, 7) is 1.99. The molecule has 1 aliphatic carbocycles. The van der Waals surface area contributed by atoms with Gasteiger partial charge >= 0.3 is 0 Å². The van der Waals surface area contributed by atoms with Crippen molar-refractivity contribution >= 4 is 23.0 Å².